The van der Waals surface area contributed by atoms with Gasteiger partial charge in [-0.25, -0.2) is 4.99 Å². The van der Waals surface area contributed by atoms with E-state index in [4.69, 9.17) is 4.74 Å². The van der Waals surface area contributed by atoms with E-state index in [0.717, 1.165) is 44.2 Å². The van der Waals surface area contributed by atoms with Crippen LogP contribution in [0.4, 0.5) is 5.00 Å². The highest BCUT2D eigenvalue weighted by molar-refractivity contribution is 7.14. The lowest BCUT2D eigenvalue weighted by atomic mass is 10.1. The van der Waals surface area contributed by atoms with Crippen LogP contribution in [0.1, 0.15) is 19.8 Å². The highest BCUT2D eigenvalue weighted by Crippen LogP contribution is 2.24. The Morgan fingerprint density at radius 1 is 1.35 bits per heavy atom. The van der Waals surface area contributed by atoms with Gasteiger partial charge in [0.2, 0.25) is 0 Å². The first-order valence-electron chi connectivity index (χ1n) is 9.21. The van der Waals surface area contributed by atoms with Gasteiger partial charge in [0.15, 0.2) is 5.96 Å². The number of pyridine rings is 1. The maximum atomic E-state index is 5.65. The van der Waals surface area contributed by atoms with E-state index >= 15 is 0 Å². The van der Waals surface area contributed by atoms with Crippen molar-refractivity contribution >= 4 is 22.3 Å². The highest BCUT2D eigenvalue weighted by Gasteiger charge is 2.20. The number of hydrogen-bond donors (Lipinski definition) is 2. The van der Waals surface area contributed by atoms with E-state index in [2.05, 4.69) is 49.9 Å². The van der Waals surface area contributed by atoms with Gasteiger partial charge in [0, 0.05) is 31.9 Å². The number of hydrogen-bond acceptors (Lipinski definition) is 5. The predicted octanol–water partition coefficient (Wildman–Crippen LogP) is 2.75. The molecule has 3 heterocycles. The van der Waals surface area contributed by atoms with Crippen LogP contribution in [0.15, 0.2) is 47.0 Å². The van der Waals surface area contributed by atoms with Gasteiger partial charge in [0.05, 0.1) is 17.7 Å². The fraction of sp³-hybridized carbons (Fsp3) is 0.474. The number of rotatable bonds is 7. The summed E-state index contributed by atoms with van der Waals surface area (Å²) in [6, 6.07) is 8.55. The zero-order chi connectivity index (χ0) is 18.0. The van der Waals surface area contributed by atoms with E-state index < -0.39 is 0 Å². The summed E-state index contributed by atoms with van der Waals surface area (Å²) in [6.45, 7) is 6.26. The van der Waals surface area contributed by atoms with Crippen LogP contribution in [0.3, 0.4) is 0 Å². The van der Waals surface area contributed by atoms with Crippen molar-refractivity contribution in [2.24, 2.45) is 4.99 Å². The zero-order valence-corrected chi connectivity index (χ0v) is 16.0. The lowest BCUT2D eigenvalue weighted by molar-refractivity contribution is 0.327. The Balaban J connectivity index is 1.43. The molecule has 1 aliphatic rings. The molecular weight excluding hydrogens is 346 g/mol. The molecule has 0 aliphatic carbocycles. The van der Waals surface area contributed by atoms with Crippen molar-refractivity contribution in [1.82, 2.24) is 15.6 Å². The number of ether oxygens (including phenoxy) is 1. The molecule has 3 rings (SSSR count). The topological polar surface area (TPSA) is 61.8 Å². The Labute approximate surface area is 159 Å². The molecule has 6 nitrogen and oxygen atoms in total. The molecule has 26 heavy (non-hydrogen) atoms. The fourth-order valence-electron chi connectivity index (χ4n) is 2.96. The first-order valence-corrected chi connectivity index (χ1v) is 10.1. The lowest BCUT2D eigenvalue weighted by Crippen LogP contribution is -2.48. The summed E-state index contributed by atoms with van der Waals surface area (Å²) in [7, 11) is 0. The third-order valence-corrected chi connectivity index (χ3v) is 5.19. The smallest absolute Gasteiger partial charge is 0.191 e. The van der Waals surface area contributed by atoms with Crippen molar-refractivity contribution in [2.45, 2.75) is 25.8 Å². The Morgan fingerprint density at radius 3 is 2.92 bits per heavy atom. The summed E-state index contributed by atoms with van der Waals surface area (Å²) in [5.41, 5.74) is 0. The van der Waals surface area contributed by atoms with Crippen molar-refractivity contribution in [2.75, 3.05) is 37.7 Å². The second-order valence-corrected chi connectivity index (χ2v) is 7.08. The van der Waals surface area contributed by atoms with Crippen molar-refractivity contribution in [3.8, 4) is 5.75 Å². The second-order valence-electron chi connectivity index (χ2n) is 6.15. The van der Waals surface area contributed by atoms with Crippen LogP contribution in [0, 0.1) is 0 Å². The second kappa shape index (κ2) is 10.0. The molecule has 2 N–H and O–H groups in total. The van der Waals surface area contributed by atoms with Crippen LogP contribution >= 0.6 is 11.3 Å². The molecule has 2 aromatic heterocycles. The Morgan fingerprint density at radius 2 is 2.23 bits per heavy atom. The maximum absolute atomic E-state index is 5.65. The molecule has 0 radical (unpaired) electrons. The Hall–Kier alpha value is -2.28. The van der Waals surface area contributed by atoms with Crippen LogP contribution < -0.4 is 20.3 Å². The van der Waals surface area contributed by atoms with Gasteiger partial charge in [-0.05, 0) is 49.4 Å². The van der Waals surface area contributed by atoms with Crippen molar-refractivity contribution in [3.63, 3.8) is 0 Å². The monoisotopic (exact) mass is 373 g/mol. The van der Waals surface area contributed by atoms with E-state index in [1.807, 2.05) is 23.5 Å². The largest absolute Gasteiger partial charge is 0.490 e. The standard InChI is InChI=1S/C19H27N5OS/c1-2-21-19(22-10-13-25-17-5-3-9-20-15-17)23-16-7-11-24(12-8-16)18-6-4-14-26-18/h3-6,9,14-16H,2,7-8,10-13H2,1H3,(H2,21,22,23). The number of aromatic nitrogens is 1. The summed E-state index contributed by atoms with van der Waals surface area (Å²) in [5, 5.41) is 10.4. The molecule has 0 atom stereocenters. The normalized spacial score (nSPS) is 15.7. The minimum absolute atomic E-state index is 0.461. The van der Waals surface area contributed by atoms with Crippen molar-refractivity contribution in [1.29, 1.82) is 0 Å². The Kier molecular flexibility index (Phi) is 7.13. The third-order valence-electron chi connectivity index (χ3n) is 4.26. The fourth-order valence-corrected chi connectivity index (χ4v) is 3.75. The molecular formula is C19H27N5OS. The van der Waals surface area contributed by atoms with Crippen LogP contribution in [0.2, 0.25) is 0 Å². The molecule has 0 unspecified atom stereocenters. The van der Waals surface area contributed by atoms with Gasteiger partial charge >= 0.3 is 0 Å². The average molecular weight is 374 g/mol. The average Bonchev–Trinajstić information content (AvgIpc) is 3.21. The Bertz CT molecular complexity index is 654. The molecule has 0 bridgehead atoms. The molecule has 2 aromatic rings. The molecule has 7 heteroatoms. The minimum Gasteiger partial charge on any atom is -0.490 e. The third kappa shape index (κ3) is 5.62. The molecule has 1 saturated heterocycles. The van der Waals surface area contributed by atoms with E-state index in [1.165, 1.54) is 5.00 Å². The van der Waals surface area contributed by atoms with E-state index in [9.17, 15) is 0 Å². The van der Waals surface area contributed by atoms with Gasteiger partial charge in [-0.1, -0.05) is 0 Å². The summed E-state index contributed by atoms with van der Waals surface area (Å²) in [4.78, 5) is 11.1. The highest BCUT2D eigenvalue weighted by atomic mass is 32.1. The lowest BCUT2D eigenvalue weighted by Gasteiger charge is -2.33. The van der Waals surface area contributed by atoms with Gasteiger partial charge in [-0.15, -0.1) is 11.3 Å². The quantitative estimate of drug-likeness (QED) is 0.444. The van der Waals surface area contributed by atoms with Crippen LogP contribution in [-0.2, 0) is 0 Å². The van der Waals surface area contributed by atoms with Gasteiger partial charge in [-0.3, -0.25) is 4.98 Å². The van der Waals surface area contributed by atoms with Gasteiger partial charge in [0.25, 0.3) is 0 Å². The summed E-state index contributed by atoms with van der Waals surface area (Å²) >= 11 is 1.82. The van der Waals surface area contributed by atoms with Crippen LogP contribution in [-0.4, -0.2) is 49.8 Å². The van der Waals surface area contributed by atoms with Gasteiger partial charge in [0.1, 0.15) is 12.4 Å². The zero-order valence-electron chi connectivity index (χ0n) is 15.2. The van der Waals surface area contributed by atoms with E-state index in [1.54, 1.807) is 12.4 Å². The van der Waals surface area contributed by atoms with E-state index in [-0.39, 0.29) is 0 Å². The summed E-state index contributed by atoms with van der Waals surface area (Å²) < 4.78 is 5.65. The summed E-state index contributed by atoms with van der Waals surface area (Å²) in [5.74, 6) is 1.65. The number of nitrogens with one attached hydrogen (secondary N) is 2. The van der Waals surface area contributed by atoms with Crippen LogP contribution in [0.25, 0.3) is 0 Å². The molecule has 0 aromatic carbocycles. The number of guanidine groups is 1. The van der Waals surface area contributed by atoms with Crippen LogP contribution in [0.5, 0.6) is 5.75 Å². The number of thiophene rings is 1. The van der Waals surface area contributed by atoms with E-state index in [0.29, 0.717) is 19.2 Å². The first kappa shape index (κ1) is 18.5. The molecule has 1 fully saturated rings. The molecule has 140 valence electrons. The van der Waals surface area contributed by atoms with Crippen molar-refractivity contribution in [3.05, 3.63) is 42.0 Å². The number of piperidine rings is 1. The number of anilines is 1. The number of aliphatic imine (C=N–C) groups is 1. The predicted molar refractivity (Wildman–Crippen MR) is 108 cm³/mol. The molecule has 0 saturated carbocycles. The summed E-state index contributed by atoms with van der Waals surface area (Å²) in [6.07, 6.45) is 5.69. The molecule has 1 aliphatic heterocycles. The first-order chi connectivity index (χ1) is 12.8. The van der Waals surface area contributed by atoms with Gasteiger partial charge < -0.3 is 20.3 Å². The number of nitrogens with zero attached hydrogens (tertiary/aromatic N) is 3. The SMILES string of the molecule is CCNC(=NCCOc1cccnc1)NC1CCN(c2cccs2)CC1. The van der Waals surface area contributed by atoms with Crippen molar-refractivity contribution < 1.29 is 4.74 Å². The van der Waals surface area contributed by atoms with Gasteiger partial charge in [-0.2, -0.15) is 0 Å². The maximum Gasteiger partial charge on any atom is 0.191 e. The molecule has 0 spiro atoms. The molecule has 0 amide bonds. The minimum atomic E-state index is 0.461.